The molecular formula is C13H17ClN2O. The lowest BCUT2D eigenvalue weighted by atomic mass is 10.2. The van der Waals surface area contributed by atoms with Gasteiger partial charge in [-0.3, -0.25) is 4.90 Å². The Balaban J connectivity index is 0.00000108. The Bertz CT molecular complexity index is 497. The lowest BCUT2D eigenvalue weighted by molar-refractivity contribution is 0.326. The fourth-order valence-electron chi connectivity index (χ4n) is 2.40. The van der Waals surface area contributed by atoms with E-state index in [2.05, 4.69) is 17.0 Å². The second kappa shape index (κ2) is 5.08. The van der Waals surface area contributed by atoms with E-state index in [0.717, 1.165) is 31.6 Å². The Morgan fingerprint density at radius 2 is 2.18 bits per heavy atom. The van der Waals surface area contributed by atoms with Gasteiger partial charge in [0.25, 0.3) is 0 Å². The molecule has 1 unspecified atom stereocenters. The van der Waals surface area contributed by atoms with Crippen molar-refractivity contribution in [2.45, 2.75) is 19.0 Å². The normalized spacial score (nSPS) is 20.6. The molecule has 92 valence electrons. The smallest absolute Gasteiger partial charge is 0.134 e. The van der Waals surface area contributed by atoms with Crippen LogP contribution in [0.15, 0.2) is 34.9 Å². The number of nitrogens with two attached hydrogens (primary N) is 1. The number of hydrogen-bond donors (Lipinski definition) is 1. The van der Waals surface area contributed by atoms with Crippen LogP contribution in [0.3, 0.4) is 0 Å². The van der Waals surface area contributed by atoms with Gasteiger partial charge in [-0.05, 0) is 12.5 Å². The van der Waals surface area contributed by atoms with E-state index < -0.39 is 0 Å². The summed E-state index contributed by atoms with van der Waals surface area (Å²) < 4.78 is 5.53. The highest BCUT2D eigenvalue weighted by atomic mass is 35.5. The van der Waals surface area contributed by atoms with Crippen molar-refractivity contribution in [1.82, 2.24) is 4.90 Å². The number of fused-ring (bicyclic) bond motifs is 1. The van der Waals surface area contributed by atoms with Crippen LogP contribution < -0.4 is 5.73 Å². The van der Waals surface area contributed by atoms with E-state index >= 15 is 0 Å². The molecule has 4 heteroatoms. The van der Waals surface area contributed by atoms with Crippen LogP contribution in [0.2, 0.25) is 0 Å². The molecule has 1 aliphatic rings. The van der Waals surface area contributed by atoms with Gasteiger partial charge in [0.1, 0.15) is 5.58 Å². The standard InChI is InChI=1S/C13H16N2O.ClH/c14-11-5-6-15(8-11)7-10-9-16-13-4-2-1-3-12(10)13;/h1-4,9,11H,5-8,14H2;1H. The Morgan fingerprint density at radius 3 is 2.94 bits per heavy atom. The van der Waals surface area contributed by atoms with Gasteiger partial charge in [0.05, 0.1) is 6.26 Å². The fourth-order valence-corrected chi connectivity index (χ4v) is 2.40. The third kappa shape index (κ3) is 2.46. The van der Waals surface area contributed by atoms with Crippen LogP contribution in [-0.4, -0.2) is 24.0 Å². The van der Waals surface area contributed by atoms with E-state index in [1.165, 1.54) is 10.9 Å². The summed E-state index contributed by atoms with van der Waals surface area (Å²) >= 11 is 0. The van der Waals surface area contributed by atoms with Crippen LogP contribution in [0.1, 0.15) is 12.0 Å². The Kier molecular flexibility index (Phi) is 3.72. The van der Waals surface area contributed by atoms with E-state index in [1.807, 2.05) is 18.4 Å². The summed E-state index contributed by atoms with van der Waals surface area (Å²) in [5.41, 5.74) is 8.14. The van der Waals surface area contributed by atoms with Gasteiger partial charge in [-0.2, -0.15) is 0 Å². The average molecular weight is 253 g/mol. The van der Waals surface area contributed by atoms with Crippen LogP contribution >= 0.6 is 12.4 Å². The van der Waals surface area contributed by atoms with Crippen molar-refractivity contribution in [3.63, 3.8) is 0 Å². The molecule has 2 heterocycles. The summed E-state index contributed by atoms with van der Waals surface area (Å²) in [5, 5.41) is 1.22. The molecule has 1 fully saturated rings. The van der Waals surface area contributed by atoms with Gasteiger partial charge in [-0.1, -0.05) is 18.2 Å². The van der Waals surface area contributed by atoms with E-state index in [-0.39, 0.29) is 12.4 Å². The van der Waals surface area contributed by atoms with Crippen LogP contribution in [-0.2, 0) is 6.54 Å². The van der Waals surface area contributed by atoms with Gasteiger partial charge in [-0.25, -0.2) is 0 Å². The minimum Gasteiger partial charge on any atom is -0.464 e. The first-order valence-corrected chi connectivity index (χ1v) is 5.76. The number of likely N-dealkylation sites (tertiary alicyclic amines) is 1. The quantitative estimate of drug-likeness (QED) is 0.893. The predicted octanol–water partition coefficient (Wildman–Crippen LogP) is 2.39. The number of halogens is 1. The van der Waals surface area contributed by atoms with E-state index in [4.69, 9.17) is 10.2 Å². The molecule has 1 atom stereocenters. The van der Waals surface area contributed by atoms with Crippen molar-refractivity contribution in [2.75, 3.05) is 13.1 Å². The van der Waals surface area contributed by atoms with E-state index in [1.54, 1.807) is 0 Å². The maximum Gasteiger partial charge on any atom is 0.134 e. The minimum atomic E-state index is 0. The molecule has 0 radical (unpaired) electrons. The molecule has 3 nitrogen and oxygen atoms in total. The number of hydrogen-bond acceptors (Lipinski definition) is 3. The zero-order valence-electron chi connectivity index (χ0n) is 9.63. The number of rotatable bonds is 2. The SMILES string of the molecule is Cl.NC1CCN(Cc2coc3ccccc23)C1. The lowest BCUT2D eigenvalue weighted by Crippen LogP contribution is -2.26. The highest BCUT2D eigenvalue weighted by Gasteiger charge is 2.20. The Labute approximate surface area is 107 Å². The van der Waals surface area contributed by atoms with Crippen LogP contribution in [0, 0.1) is 0 Å². The minimum absolute atomic E-state index is 0. The van der Waals surface area contributed by atoms with Gasteiger partial charge in [0.2, 0.25) is 0 Å². The molecule has 0 bridgehead atoms. The van der Waals surface area contributed by atoms with Crippen molar-refractivity contribution in [2.24, 2.45) is 5.73 Å². The summed E-state index contributed by atoms with van der Waals surface area (Å²) in [7, 11) is 0. The van der Waals surface area contributed by atoms with Gasteiger partial charge >= 0.3 is 0 Å². The summed E-state index contributed by atoms with van der Waals surface area (Å²) in [5.74, 6) is 0. The molecule has 0 saturated carbocycles. The van der Waals surface area contributed by atoms with Crippen LogP contribution in [0.5, 0.6) is 0 Å². The molecule has 1 aliphatic heterocycles. The summed E-state index contributed by atoms with van der Waals surface area (Å²) in [6.45, 7) is 3.05. The molecule has 3 rings (SSSR count). The number of nitrogens with zero attached hydrogens (tertiary/aromatic N) is 1. The molecule has 2 N–H and O–H groups in total. The van der Waals surface area contributed by atoms with Crippen molar-refractivity contribution in [1.29, 1.82) is 0 Å². The van der Waals surface area contributed by atoms with Crippen molar-refractivity contribution >= 4 is 23.4 Å². The first-order chi connectivity index (χ1) is 7.83. The van der Waals surface area contributed by atoms with Gasteiger partial charge in [-0.15, -0.1) is 12.4 Å². The number of para-hydroxylation sites is 1. The third-order valence-corrected chi connectivity index (χ3v) is 3.26. The molecule has 1 saturated heterocycles. The zero-order chi connectivity index (χ0) is 11.0. The van der Waals surface area contributed by atoms with Gasteiger partial charge < -0.3 is 10.2 Å². The third-order valence-electron chi connectivity index (χ3n) is 3.26. The number of benzene rings is 1. The maximum atomic E-state index is 5.90. The lowest BCUT2D eigenvalue weighted by Gasteiger charge is -2.13. The topological polar surface area (TPSA) is 42.4 Å². The molecule has 0 amide bonds. The second-order valence-corrected chi connectivity index (χ2v) is 4.54. The van der Waals surface area contributed by atoms with Crippen LogP contribution in [0.25, 0.3) is 11.0 Å². The van der Waals surface area contributed by atoms with E-state index in [0.29, 0.717) is 6.04 Å². The maximum absolute atomic E-state index is 5.90. The van der Waals surface area contributed by atoms with Crippen molar-refractivity contribution < 1.29 is 4.42 Å². The molecular weight excluding hydrogens is 236 g/mol. The van der Waals surface area contributed by atoms with Crippen LogP contribution in [0.4, 0.5) is 0 Å². The highest BCUT2D eigenvalue weighted by molar-refractivity contribution is 5.85. The zero-order valence-corrected chi connectivity index (χ0v) is 10.5. The first-order valence-electron chi connectivity index (χ1n) is 5.76. The Morgan fingerprint density at radius 1 is 1.35 bits per heavy atom. The van der Waals surface area contributed by atoms with Gasteiger partial charge in [0.15, 0.2) is 0 Å². The van der Waals surface area contributed by atoms with Gasteiger partial charge in [0, 0.05) is 36.6 Å². The Hall–Kier alpha value is -1.03. The predicted molar refractivity (Wildman–Crippen MR) is 71.3 cm³/mol. The molecule has 17 heavy (non-hydrogen) atoms. The second-order valence-electron chi connectivity index (χ2n) is 4.54. The van der Waals surface area contributed by atoms with E-state index in [9.17, 15) is 0 Å². The molecule has 1 aromatic carbocycles. The highest BCUT2D eigenvalue weighted by Crippen LogP contribution is 2.23. The molecule has 0 aliphatic carbocycles. The van der Waals surface area contributed by atoms with Crippen molar-refractivity contribution in [3.05, 3.63) is 36.1 Å². The largest absolute Gasteiger partial charge is 0.464 e. The summed E-state index contributed by atoms with van der Waals surface area (Å²) in [6, 6.07) is 8.52. The summed E-state index contributed by atoms with van der Waals surface area (Å²) in [4.78, 5) is 2.39. The molecule has 1 aromatic heterocycles. The molecule has 0 spiro atoms. The fraction of sp³-hybridized carbons (Fsp3) is 0.385. The monoisotopic (exact) mass is 252 g/mol. The first kappa shape index (κ1) is 12.4. The average Bonchev–Trinajstić information content (AvgIpc) is 2.87. The number of furan rings is 1. The summed E-state index contributed by atoms with van der Waals surface area (Å²) in [6.07, 6.45) is 2.98. The van der Waals surface area contributed by atoms with Crippen molar-refractivity contribution in [3.8, 4) is 0 Å². The molecule has 2 aromatic rings.